The molecule has 0 aliphatic carbocycles. The van der Waals surface area contributed by atoms with Crippen LogP contribution in [0, 0.1) is 0 Å². The summed E-state index contributed by atoms with van der Waals surface area (Å²) in [6.45, 7) is 0. The molecular formula is C22H21NO. The monoisotopic (exact) mass is 315 g/mol. The number of benzene rings is 3. The second kappa shape index (κ2) is 8.02. The highest BCUT2D eigenvalue weighted by Crippen LogP contribution is 2.23. The van der Waals surface area contributed by atoms with Gasteiger partial charge in [-0.3, -0.25) is 0 Å². The predicted octanol–water partition coefficient (Wildman–Crippen LogP) is 5.56. The Morgan fingerprint density at radius 1 is 0.792 bits per heavy atom. The molecule has 0 aromatic heterocycles. The molecule has 2 nitrogen and oxygen atoms in total. The molecule has 0 spiro atoms. The van der Waals surface area contributed by atoms with Crippen molar-refractivity contribution in [2.45, 2.75) is 6.04 Å². The molecule has 0 saturated heterocycles. The lowest BCUT2D eigenvalue weighted by Crippen LogP contribution is -2.07. The van der Waals surface area contributed by atoms with E-state index >= 15 is 0 Å². The van der Waals surface area contributed by atoms with Crippen LogP contribution in [0.5, 0.6) is 5.75 Å². The average molecular weight is 315 g/mol. The van der Waals surface area contributed by atoms with Crippen LogP contribution in [-0.4, -0.2) is 7.11 Å². The van der Waals surface area contributed by atoms with E-state index in [0.29, 0.717) is 0 Å². The Morgan fingerprint density at radius 2 is 1.42 bits per heavy atom. The molecule has 120 valence electrons. The molecule has 2 heteroatoms. The summed E-state index contributed by atoms with van der Waals surface area (Å²) in [5, 5.41) is 3.57. The van der Waals surface area contributed by atoms with E-state index in [-0.39, 0.29) is 6.04 Å². The fourth-order valence-electron chi connectivity index (χ4n) is 2.54. The molecule has 1 N–H and O–H groups in total. The van der Waals surface area contributed by atoms with Crippen molar-refractivity contribution in [1.29, 1.82) is 0 Å². The molecule has 0 heterocycles. The van der Waals surface area contributed by atoms with Gasteiger partial charge in [-0.1, -0.05) is 72.8 Å². The molecule has 3 aromatic rings. The third-order valence-corrected chi connectivity index (χ3v) is 3.85. The number of rotatable bonds is 6. The predicted molar refractivity (Wildman–Crippen MR) is 101 cm³/mol. The first-order valence-electron chi connectivity index (χ1n) is 8.04. The van der Waals surface area contributed by atoms with Gasteiger partial charge in [-0.05, 0) is 35.4 Å². The van der Waals surface area contributed by atoms with Gasteiger partial charge in [-0.2, -0.15) is 0 Å². The topological polar surface area (TPSA) is 21.3 Å². The lowest BCUT2D eigenvalue weighted by molar-refractivity contribution is 0.415. The van der Waals surface area contributed by atoms with Crippen molar-refractivity contribution in [2.75, 3.05) is 12.4 Å². The standard InChI is InChI=1S/C22H21NO/c1-24-21-15-13-20(14-16-21)23-22(19-10-6-3-7-11-19)17-12-18-8-4-2-5-9-18/h2-17,22-23H,1H3. The third-order valence-electron chi connectivity index (χ3n) is 3.85. The lowest BCUT2D eigenvalue weighted by atomic mass is 10.0. The molecular weight excluding hydrogens is 294 g/mol. The number of methoxy groups -OCH3 is 1. The smallest absolute Gasteiger partial charge is 0.119 e. The van der Waals surface area contributed by atoms with Crippen molar-refractivity contribution in [1.82, 2.24) is 0 Å². The summed E-state index contributed by atoms with van der Waals surface area (Å²) in [5.41, 5.74) is 3.47. The van der Waals surface area contributed by atoms with Crippen molar-refractivity contribution in [2.24, 2.45) is 0 Å². The zero-order valence-electron chi connectivity index (χ0n) is 13.7. The minimum atomic E-state index is 0.0970. The quantitative estimate of drug-likeness (QED) is 0.643. The summed E-state index contributed by atoms with van der Waals surface area (Å²) in [6.07, 6.45) is 4.34. The maximum atomic E-state index is 5.22. The highest BCUT2D eigenvalue weighted by atomic mass is 16.5. The zero-order valence-corrected chi connectivity index (χ0v) is 13.7. The first-order chi connectivity index (χ1) is 11.8. The third kappa shape index (κ3) is 4.26. The van der Waals surface area contributed by atoms with Gasteiger partial charge in [0.15, 0.2) is 0 Å². The molecule has 0 fully saturated rings. The van der Waals surface area contributed by atoms with E-state index in [1.54, 1.807) is 7.11 Å². The van der Waals surface area contributed by atoms with Crippen LogP contribution < -0.4 is 10.1 Å². The molecule has 0 aliphatic rings. The van der Waals surface area contributed by atoms with E-state index in [2.05, 4.69) is 53.9 Å². The summed E-state index contributed by atoms with van der Waals surface area (Å²) >= 11 is 0. The Kier molecular flexibility index (Phi) is 5.31. The van der Waals surface area contributed by atoms with Crippen molar-refractivity contribution in [3.8, 4) is 5.75 Å². The fourth-order valence-corrected chi connectivity index (χ4v) is 2.54. The maximum Gasteiger partial charge on any atom is 0.119 e. The van der Waals surface area contributed by atoms with E-state index in [1.807, 2.05) is 48.5 Å². The van der Waals surface area contributed by atoms with Crippen molar-refractivity contribution in [3.05, 3.63) is 102 Å². The Morgan fingerprint density at radius 3 is 2.04 bits per heavy atom. The number of nitrogens with one attached hydrogen (secondary N) is 1. The summed E-state index contributed by atoms with van der Waals surface area (Å²) in [7, 11) is 1.68. The van der Waals surface area contributed by atoms with Gasteiger partial charge in [-0.15, -0.1) is 0 Å². The lowest BCUT2D eigenvalue weighted by Gasteiger charge is -2.17. The largest absolute Gasteiger partial charge is 0.497 e. The van der Waals surface area contributed by atoms with Gasteiger partial charge >= 0.3 is 0 Å². The number of hydrogen-bond donors (Lipinski definition) is 1. The van der Waals surface area contributed by atoms with Gasteiger partial charge < -0.3 is 10.1 Å². The second-order valence-electron chi connectivity index (χ2n) is 5.53. The van der Waals surface area contributed by atoms with Crippen LogP contribution in [0.15, 0.2) is 91.0 Å². The van der Waals surface area contributed by atoms with E-state index in [1.165, 1.54) is 11.1 Å². The van der Waals surface area contributed by atoms with E-state index in [4.69, 9.17) is 4.74 Å². The molecule has 24 heavy (non-hydrogen) atoms. The Hall–Kier alpha value is -3.00. The molecule has 3 rings (SSSR count). The van der Waals surface area contributed by atoms with E-state index < -0.39 is 0 Å². The molecule has 0 saturated carbocycles. The molecule has 0 bridgehead atoms. The molecule has 0 radical (unpaired) electrons. The summed E-state index contributed by atoms with van der Waals surface area (Å²) in [5.74, 6) is 0.858. The van der Waals surface area contributed by atoms with Crippen molar-refractivity contribution in [3.63, 3.8) is 0 Å². The molecule has 1 unspecified atom stereocenters. The van der Waals surface area contributed by atoms with Gasteiger partial charge in [0.25, 0.3) is 0 Å². The van der Waals surface area contributed by atoms with Crippen LogP contribution in [0.25, 0.3) is 6.08 Å². The number of hydrogen-bond acceptors (Lipinski definition) is 2. The van der Waals surface area contributed by atoms with E-state index in [9.17, 15) is 0 Å². The summed E-state index contributed by atoms with van der Waals surface area (Å²) < 4.78 is 5.22. The molecule has 0 amide bonds. The normalized spacial score (nSPS) is 12.0. The van der Waals surface area contributed by atoms with Gasteiger partial charge in [0.2, 0.25) is 0 Å². The summed E-state index contributed by atoms with van der Waals surface area (Å²) in [6, 6.07) is 28.9. The SMILES string of the molecule is COc1ccc(NC(C=Cc2ccccc2)c2ccccc2)cc1. The molecule has 0 aliphatic heterocycles. The fraction of sp³-hybridized carbons (Fsp3) is 0.0909. The molecule has 3 aromatic carbocycles. The summed E-state index contributed by atoms with van der Waals surface area (Å²) in [4.78, 5) is 0. The van der Waals surface area contributed by atoms with Crippen LogP contribution in [0.3, 0.4) is 0 Å². The highest BCUT2D eigenvalue weighted by molar-refractivity contribution is 5.54. The van der Waals surface area contributed by atoms with Crippen LogP contribution in [0.2, 0.25) is 0 Å². The van der Waals surface area contributed by atoms with Gasteiger partial charge in [0, 0.05) is 5.69 Å². The first-order valence-corrected chi connectivity index (χ1v) is 8.04. The Bertz CT molecular complexity index is 764. The highest BCUT2D eigenvalue weighted by Gasteiger charge is 2.07. The minimum absolute atomic E-state index is 0.0970. The van der Waals surface area contributed by atoms with Gasteiger partial charge in [0.1, 0.15) is 5.75 Å². The number of anilines is 1. The Balaban J connectivity index is 1.83. The van der Waals surface area contributed by atoms with Crippen molar-refractivity contribution >= 4 is 11.8 Å². The van der Waals surface area contributed by atoms with Gasteiger partial charge in [-0.25, -0.2) is 0 Å². The van der Waals surface area contributed by atoms with Crippen molar-refractivity contribution < 1.29 is 4.74 Å². The van der Waals surface area contributed by atoms with Crippen LogP contribution >= 0.6 is 0 Å². The van der Waals surface area contributed by atoms with Gasteiger partial charge in [0.05, 0.1) is 13.2 Å². The minimum Gasteiger partial charge on any atom is -0.497 e. The van der Waals surface area contributed by atoms with Crippen LogP contribution in [0.4, 0.5) is 5.69 Å². The van der Waals surface area contributed by atoms with Crippen LogP contribution in [-0.2, 0) is 0 Å². The average Bonchev–Trinajstić information content (AvgIpc) is 2.67. The first kappa shape index (κ1) is 15.9. The molecule has 1 atom stereocenters. The zero-order chi connectivity index (χ0) is 16.6. The second-order valence-corrected chi connectivity index (χ2v) is 5.53. The Labute approximate surface area is 143 Å². The number of ether oxygens (including phenoxy) is 1. The van der Waals surface area contributed by atoms with E-state index in [0.717, 1.165) is 11.4 Å². The maximum absolute atomic E-state index is 5.22. The van der Waals surface area contributed by atoms with Crippen LogP contribution in [0.1, 0.15) is 17.2 Å².